The molecule has 76 valence electrons. The van der Waals surface area contributed by atoms with Crippen LogP contribution in [0.2, 0.25) is 0 Å². The number of aryl methyl sites for hydroxylation is 1. The second-order valence-electron chi connectivity index (χ2n) is 3.69. The Hall–Kier alpha value is -1.22. The molecule has 0 aliphatic rings. The second-order valence-corrected chi connectivity index (χ2v) is 3.69. The topological polar surface area (TPSA) is 56.0 Å². The first kappa shape index (κ1) is 10.9. The molecular formula is C11H16N2O. The minimum atomic E-state index is 0.0803. The maximum absolute atomic E-state index is 11.6. The second kappa shape index (κ2) is 4.86. The zero-order valence-corrected chi connectivity index (χ0v) is 8.66. The van der Waals surface area contributed by atoms with E-state index in [1.165, 1.54) is 0 Å². The van der Waals surface area contributed by atoms with Gasteiger partial charge in [-0.3, -0.25) is 9.78 Å². The molecule has 1 aromatic heterocycles. The highest BCUT2D eigenvalue weighted by Gasteiger charge is 2.07. The summed E-state index contributed by atoms with van der Waals surface area (Å²) in [6.07, 6.45) is 4.58. The first-order chi connectivity index (χ1) is 6.59. The van der Waals surface area contributed by atoms with Gasteiger partial charge >= 0.3 is 0 Å². The number of nitrogens with zero attached hydrogens (tertiary/aromatic N) is 1. The molecule has 14 heavy (non-hydrogen) atoms. The molecule has 0 aromatic carbocycles. The van der Waals surface area contributed by atoms with E-state index in [9.17, 15) is 4.79 Å². The van der Waals surface area contributed by atoms with Crippen molar-refractivity contribution in [2.24, 2.45) is 5.73 Å². The number of nitrogens with two attached hydrogens (primary N) is 1. The number of aromatic nitrogens is 1. The number of hydrogen-bond acceptors (Lipinski definition) is 3. The average Bonchev–Trinajstić information content (AvgIpc) is 2.14. The molecule has 2 N–H and O–H groups in total. The summed E-state index contributed by atoms with van der Waals surface area (Å²) in [5, 5.41) is 0. The molecule has 1 unspecified atom stereocenters. The predicted octanol–water partition coefficient (Wildman–Crippen LogP) is 1.70. The smallest absolute Gasteiger partial charge is 0.164 e. The van der Waals surface area contributed by atoms with Crippen molar-refractivity contribution in [2.75, 3.05) is 0 Å². The van der Waals surface area contributed by atoms with E-state index in [-0.39, 0.29) is 11.8 Å². The van der Waals surface area contributed by atoms with Gasteiger partial charge in [0.2, 0.25) is 0 Å². The van der Waals surface area contributed by atoms with E-state index >= 15 is 0 Å². The van der Waals surface area contributed by atoms with Crippen molar-refractivity contribution in [1.29, 1.82) is 0 Å². The molecule has 3 heteroatoms. The van der Waals surface area contributed by atoms with Gasteiger partial charge in [-0.15, -0.1) is 0 Å². The Kier molecular flexibility index (Phi) is 3.77. The number of rotatable bonds is 4. The molecule has 1 rings (SSSR count). The molecule has 0 aliphatic heterocycles. The summed E-state index contributed by atoms with van der Waals surface area (Å²) in [4.78, 5) is 15.6. The first-order valence-electron chi connectivity index (χ1n) is 4.80. The van der Waals surface area contributed by atoms with Crippen LogP contribution in [-0.4, -0.2) is 16.8 Å². The Bertz CT molecular complexity index is 321. The van der Waals surface area contributed by atoms with Crippen molar-refractivity contribution in [3.8, 4) is 0 Å². The van der Waals surface area contributed by atoms with E-state index in [4.69, 9.17) is 5.73 Å². The van der Waals surface area contributed by atoms with E-state index < -0.39 is 0 Å². The summed E-state index contributed by atoms with van der Waals surface area (Å²) >= 11 is 0. The molecule has 0 saturated heterocycles. The number of ketones is 1. The van der Waals surface area contributed by atoms with Gasteiger partial charge in [0.25, 0.3) is 0 Å². The standard InChI is InChI=1S/C11H16N2O/c1-8-5-10(7-13-6-8)11(14)4-3-9(2)12/h5-7,9H,3-4,12H2,1-2H3. The third-order valence-electron chi connectivity index (χ3n) is 2.02. The van der Waals surface area contributed by atoms with Crippen molar-refractivity contribution in [2.45, 2.75) is 32.7 Å². The highest BCUT2D eigenvalue weighted by Crippen LogP contribution is 2.07. The predicted molar refractivity (Wildman–Crippen MR) is 56.2 cm³/mol. The van der Waals surface area contributed by atoms with Crippen LogP contribution in [0.3, 0.4) is 0 Å². The molecule has 0 radical (unpaired) electrons. The van der Waals surface area contributed by atoms with Gasteiger partial charge in [0.1, 0.15) is 0 Å². The first-order valence-corrected chi connectivity index (χ1v) is 4.80. The summed E-state index contributed by atoms with van der Waals surface area (Å²) in [6.45, 7) is 3.83. The van der Waals surface area contributed by atoms with Crippen LogP contribution in [0.25, 0.3) is 0 Å². The number of carbonyl (C=O) groups is 1. The van der Waals surface area contributed by atoms with Crippen molar-refractivity contribution in [3.63, 3.8) is 0 Å². The van der Waals surface area contributed by atoms with Crippen LogP contribution >= 0.6 is 0 Å². The molecule has 3 nitrogen and oxygen atoms in total. The number of carbonyl (C=O) groups excluding carboxylic acids is 1. The lowest BCUT2D eigenvalue weighted by Gasteiger charge is -2.04. The van der Waals surface area contributed by atoms with E-state index in [1.807, 2.05) is 19.9 Å². The van der Waals surface area contributed by atoms with Crippen molar-refractivity contribution in [1.82, 2.24) is 4.98 Å². The summed E-state index contributed by atoms with van der Waals surface area (Å²) in [5.41, 5.74) is 7.28. The van der Waals surface area contributed by atoms with Gasteiger partial charge in [0.05, 0.1) is 0 Å². The molecular weight excluding hydrogens is 176 g/mol. The van der Waals surface area contributed by atoms with Gasteiger partial charge in [0, 0.05) is 30.4 Å². The lowest BCUT2D eigenvalue weighted by Crippen LogP contribution is -2.16. The normalized spacial score (nSPS) is 12.5. The fourth-order valence-corrected chi connectivity index (χ4v) is 1.21. The summed E-state index contributed by atoms with van der Waals surface area (Å²) in [5.74, 6) is 0.124. The zero-order chi connectivity index (χ0) is 10.6. The summed E-state index contributed by atoms with van der Waals surface area (Å²) < 4.78 is 0. The van der Waals surface area contributed by atoms with E-state index in [1.54, 1.807) is 12.4 Å². The number of Topliss-reactive ketones (excluding diaryl/α,β-unsaturated/α-hetero) is 1. The van der Waals surface area contributed by atoms with Crippen molar-refractivity contribution in [3.05, 3.63) is 29.6 Å². The third kappa shape index (κ3) is 3.26. The molecule has 0 spiro atoms. The lowest BCUT2D eigenvalue weighted by molar-refractivity contribution is 0.0977. The molecule has 0 saturated carbocycles. The van der Waals surface area contributed by atoms with Gasteiger partial charge in [0.15, 0.2) is 5.78 Å². The van der Waals surface area contributed by atoms with Crippen LogP contribution in [0, 0.1) is 6.92 Å². The summed E-state index contributed by atoms with van der Waals surface area (Å²) in [7, 11) is 0. The van der Waals surface area contributed by atoms with E-state index in [0.29, 0.717) is 12.0 Å². The molecule has 1 atom stereocenters. The number of pyridine rings is 1. The summed E-state index contributed by atoms with van der Waals surface area (Å²) in [6, 6.07) is 1.94. The fraction of sp³-hybridized carbons (Fsp3) is 0.455. The van der Waals surface area contributed by atoms with Crippen LogP contribution in [0.4, 0.5) is 0 Å². The third-order valence-corrected chi connectivity index (χ3v) is 2.02. The van der Waals surface area contributed by atoms with Crippen LogP contribution < -0.4 is 5.73 Å². The Labute approximate surface area is 84.3 Å². The average molecular weight is 192 g/mol. The Balaban J connectivity index is 2.61. The maximum atomic E-state index is 11.6. The monoisotopic (exact) mass is 192 g/mol. The maximum Gasteiger partial charge on any atom is 0.164 e. The van der Waals surface area contributed by atoms with Gasteiger partial charge in [-0.25, -0.2) is 0 Å². The molecule has 0 fully saturated rings. The highest BCUT2D eigenvalue weighted by atomic mass is 16.1. The van der Waals surface area contributed by atoms with Gasteiger partial charge in [-0.2, -0.15) is 0 Å². The lowest BCUT2D eigenvalue weighted by atomic mass is 10.1. The van der Waals surface area contributed by atoms with Gasteiger partial charge in [-0.1, -0.05) is 0 Å². The van der Waals surface area contributed by atoms with Crippen LogP contribution in [0.5, 0.6) is 0 Å². The van der Waals surface area contributed by atoms with E-state index in [0.717, 1.165) is 12.0 Å². The molecule has 0 bridgehead atoms. The minimum Gasteiger partial charge on any atom is -0.328 e. The van der Waals surface area contributed by atoms with Crippen LogP contribution in [0.1, 0.15) is 35.7 Å². The molecule has 0 amide bonds. The largest absolute Gasteiger partial charge is 0.328 e. The fourth-order valence-electron chi connectivity index (χ4n) is 1.21. The Morgan fingerprint density at radius 2 is 2.29 bits per heavy atom. The molecule has 1 heterocycles. The van der Waals surface area contributed by atoms with Crippen molar-refractivity contribution >= 4 is 5.78 Å². The SMILES string of the molecule is Cc1cncc(C(=O)CCC(C)N)c1. The highest BCUT2D eigenvalue weighted by molar-refractivity contribution is 5.95. The van der Waals surface area contributed by atoms with E-state index in [2.05, 4.69) is 4.98 Å². The zero-order valence-electron chi connectivity index (χ0n) is 8.66. The van der Waals surface area contributed by atoms with Crippen molar-refractivity contribution < 1.29 is 4.79 Å². The number of hydrogen-bond donors (Lipinski definition) is 1. The minimum absolute atomic E-state index is 0.0803. The van der Waals surface area contributed by atoms with Gasteiger partial charge in [-0.05, 0) is 31.9 Å². The van der Waals surface area contributed by atoms with Gasteiger partial charge < -0.3 is 5.73 Å². The van der Waals surface area contributed by atoms with Crippen LogP contribution in [-0.2, 0) is 0 Å². The van der Waals surface area contributed by atoms with Crippen LogP contribution in [0.15, 0.2) is 18.5 Å². The Morgan fingerprint density at radius 1 is 1.57 bits per heavy atom. The Morgan fingerprint density at radius 3 is 2.86 bits per heavy atom. The quantitative estimate of drug-likeness (QED) is 0.739. The molecule has 0 aliphatic carbocycles. The molecule has 1 aromatic rings.